The minimum atomic E-state index is -0.581. The molecular formula is C47H47BrCl2F2N6O6. The molecule has 0 radical (unpaired) electrons. The van der Waals surface area contributed by atoms with Gasteiger partial charge in [-0.3, -0.25) is 24.7 Å². The van der Waals surface area contributed by atoms with Crippen LogP contribution in [0.3, 0.4) is 0 Å². The van der Waals surface area contributed by atoms with Crippen molar-refractivity contribution in [3.63, 3.8) is 0 Å². The minimum absolute atomic E-state index is 0.0445. The largest absolute Gasteiger partial charge is 0.493 e. The summed E-state index contributed by atoms with van der Waals surface area (Å²) in [6.45, 7) is 6.65. The second-order valence-corrected chi connectivity index (χ2v) is 16.3. The van der Waals surface area contributed by atoms with Gasteiger partial charge in [-0.15, -0.1) is 0 Å². The average Bonchev–Trinajstić information content (AvgIpc) is 3.92. The monoisotopic (exact) mass is 978 g/mol. The topological polar surface area (TPSA) is 163 Å². The molecule has 0 saturated carbocycles. The number of nitrogens with zero attached hydrogens (tertiary/aromatic N) is 3. The molecular weight excluding hydrogens is 933 g/mol. The number of carbonyl (C=O) groups is 3. The van der Waals surface area contributed by atoms with Crippen molar-refractivity contribution in [1.29, 1.82) is 0 Å². The molecule has 0 bridgehead atoms. The quantitative estimate of drug-likeness (QED) is 0.0486. The summed E-state index contributed by atoms with van der Waals surface area (Å²) in [7, 11) is 0. The van der Waals surface area contributed by atoms with Gasteiger partial charge in [0.2, 0.25) is 0 Å². The number of hydrogen-bond donors (Lipinski definition) is 3. The van der Waals surface area contributed by atoms with Crippen molar-refractivity contribution in [2.24, 2.45) is 0 Å². The number of aromatic amines is 1. The van der Waals surface area contributed by atoms with Crippen LogP contribution >= 0.6 is 39.1 Å². The zero-order valence-corrected chi connectivity index (χ0v) is 38.3. The number of nitrogens with two attached hydrogens (primary N) is 1. The molecule has 0 saturated heterocycles. The summed E-state index contributed by atoms with van der Waals surface area (Å²) in [5.41, 5.74) is 9.60. The molecule has 1 amide bonds. The molecule has 64 heavy (non-hydrogen) atoms. The molecule has 4 N–H and O–H groups in total. The number of aromatic nitrogens is 4. The van der Waals surface area contributed by atoms with E-state index in [1.807, 2.05) is 24.3 Å². The Morgan fingerprint density at radius 3 is 1.97 bits per heavy atom. The van der Waals surface area contributed by atoms with Gasteiger partial charge in [0.25, 0.3) is 0 Å². The van der Waals surface area contributed by atoms with Gasteiger partial charge in [0, 0.05) is 75.2 Å². The highest BCUT2D eigenvalue weighted by molar-refractivity contribution is 9.09. The van der Waals surface area contributed by atoms with Crippen molar-refractivity contribution in [2.75, 3.05) is 29.6 Å². The number of halogens is 5. The highest BCUT2D eigenvalue weighted by Crippen LogP contribution is 2.22. The Labute approximate surface area is 388 Å². The van der Waals surface area contributed by atoms with Crippen LogP contribution in [0.2, 0.25) is 10.0 Å². The van der Waals surface area contributed by atoms with E-state index in [4.69, 9.17) is 43.1 Å². The molecule has 2 aromatic heterocycles. The molecule has 0 aliphatic heterocycles. The lowest BCUT2D eigenvalue weighted by atomic mass is 10.1. The van der Waals surface area contributed by atoms with Crippen molar-refractivity contribution >= 4 is 80.3 Å². The van der Waals surface area contributed by atoms with Crippen molar-refractivity contribution in [2.45, 2.75) is 45.8 Å². The average molecular weight is 981 g/mol. The summed E-state index contributed by atoms with van der Waals surface area (Å²) in [5.74, 6) is -0.128. The van der Waals surface area contributed by atoms with E-state index >= 15 is 0 Å². The smallest absolute Gasteiger partial charge is 0.412 e. The van der Waals surface area contributed by atoms with E-state index in [2.05, 4.69) is 36.5 Å². The van der Waals surface area contributed by atoms with Gasteiger partial charge < -0.3 is 19.9 Å². The first-order valence-corrected chi connectivity index (χ1v) is 21.5. The van der Waals surface area contributed by atoms with Crippen LogP contribution in [0.25, 0.3) is 12.2 Å². The van der Waals surface area contributed by atoms with Gasteiger partial charge in [-0.2, -0.15) is 10.2 Å². The van der Waals surface area contributed by atoms with Crippen LogP contribution in [0, 0.1) is 11.6 Å². The Balaban J connectivity index is 0.000000226. The fraction of sp³-hybridized carbons (Fsp3) is 0.213. The molecule has 0 spiro atoms. The van der Waals surface area contributed by atoms with E-state index in [1.165, 1.54) is 36.4 Å². The zero-order valence-electron chi connectivity index (χ0n) is 35.2. The van der Waals surface area contributed by atoms with E-state index in [1.54, 1.807) is 98.8 Å². The molecule has 336 valence electrons. The normalized spacial score (nSPS) is 11.0. The Morgan fingerprint density at radius 1 is 0.812 bits per heavy atom. The number of ether oxygens (including phenoxy) is 3. The number of amides is 1. The summed E-state index contributed by atoms with van der Waals surface area (Å²) >= 11 is 14.6. The minimum Gasteiger partial charge on any atom is -0.493 e. The van der Waals surface area contributed by atoms with E-state index in [-0.39, 0.29) is 35.2 Å². The maximum atomic E-state index is 13.3. The molecule has 6 aromatic rings. The van der Waals surface area contributed by atoms with Crippen LogP contribution in [0.5, 0.6) is 11.5 Å². The molecule has 0 unspecified atom stereocenters. The van der Waals surface area contributed by atoms with Crippen molar-refractivity contribution < 1.29 is 37.4 Å². The van der Waals surface area contributed by atoms with Gasteiger partial charge in [0.15, 0.2) is 11.6 Å². The number of allylic oxidation sites excluding steroid dienone is 2. The summed E-state index contributed by atoms with van der Waals surface area (Å²) in [6, 6.07) is 22.6. The molecule has 2 heterocycles. The number of para-hydroxylation sites is 2. The predicted octanol–water partition coefficient (Wildman–Crippen LogP) is 11.0. The number of anilines is 2. The Morgan fingerprint density at radius 2 is 1.39 bits per heavy atom. The van der Waals surface area contributed by atoms with Gasteiger partial charge in [-0.1, -0.05) is 75.5 Å². The lowest BCUT2D eigenvalue weighted by Crippen LogP contribution is -2.27. The highest BCUT2D eigenvalue weighted by Gasteiger charge is 2.17. The Hall–Kier alpha value is -6.29. The molecule has 0 aliphatic rings. The number of nitrogen functional groups attached to an aromatic ring is 1. The second kappa shape index (κ2) is 25.7. The lowest BCUT2D eigenvalue weighted by molar-refractivity contribution is -0.114. The first-order chi connectivity index (χ1) is 30.5. The number of H-pyrrole nitrogens is 1. The third kappa shape index (κ3) is 19.4. The molecule has 17 heteroatoms. The number of rotatable bonds is 16. The number of nitrogens with one attached hydrogen (secondary N) is 2. The Bertz CT molecular complexity index is 2470. The van der Waals surface area contributed by atoms with Crippen molar-refractivity contribution in [3.8, 4) is 11.5 Å². The van der Waals surface area contributed by atoms with Gasteiger partial charge in [-0.25, -0.2) is 13.6 Å². The molecule has 0 aliphatic carbocycles. The molecule has 0 atom stereocenters. The summed E-state index contributed by atoms with van der Waals surface area (Å²) in [4.78, 5) is 36.1. The summed E-state index contributed by atoms with van der Waals surface area (Å²) < 4.78 is 43.5. The number of alkyl halides is 1. The fourth-order valence-corrected chi connectivity index (χ4v) is 5.94. The maximum Gasteiger partial charge on any atom is 0.412 e. The van der Waals surface area contributed by atoms with E-state index < -0.39 is 17.5 Å². The van der Waals surface area contributed by atoms with Crippen molar-refractivity contribution in [1.82, 2.24) is 20.0 Å². The van der Waals surface area contributed by atoms with Crippen molar-refractivity contribution in [3.05, 3.63) is 166 Å². The zero-order chi connectivity index (χ0) is 46.5. The third-order valence-corrected chi connectivity index (χ3v) is 8.90. The van der Waals surface area contributed by atoms with Crippen LogP contribution in [-0.4, -0.2) is 61.8 Å². The maximum absolute atomic E-state index is 13.3. The fourth-order valence-electron chi connectivity index (χ4n) is 5.35. The molecule has 6 rings (SSSR count). The summed E-state index contributed by atoms with van der Waals surface area (Å²) in [5, 5.41) is 14.7. The van der Waals surface area contributed by atoms with E-state index in [0.717, 1.165) is 22.3 Å². The van der Waals surface area contributed by atoms with Gasteiger partial charge in [-0.05, 0) is 92.6 Å². The van der Waals surface area contributed by atoms with Gasteiger partial charge in [0.1, 0.15) is 35.3 Å². The van der Waals surface area contributed by atoms with Crippen LogP contribution in [0.4, 0.5) is 25.0 Å². The third-order valence-electron chi connectivity index (χ3n) is 8.14. The number of carbonyl (C=O) groups excluding carboxylic acids is 3. The van der Waals surface area contributed by atoms with Crippen LogP contribution in [-0.2, 0) is 33.7 Å². The second-order valence-electron chi connectivity index (χ2n) is 14.6. The van der Waals surface area contributed by atoms with Crippen LogP contribution < -0.4 is 20.5 Å². The molecule has 4 aromatic carbocycles. The van der Waals surface area contributed by atoms with E-state index in [0.29, 0.717) is 53.0 Å². The first-order valence-electron chi connectivity index (χ1n) is 19.6. The SMILES string of the molecule is CC(C)(C)OC(=O)Nc1ccccc1CC(=O)/C=C/c1cn[nH]c1.Fc1cc(Cl)cc(OCCBr)c1.Nc1ccccc1CC(=O)/C=C/c1cnn(CCOc2cc(F)cc(Cl)c2)c1. The lowest BCUT2D eigenvalue weighted by Gasteiger charge is -2.20. The predicted molar refractivity (Wildman–Crippen MR) is 251 cm³/mol. The highest BCUT2D eigenvalue weighted by atomic mass is 79.9. The van der Waals surface area contributed by atoms with Crippen LogP contribution in [0.1, 0.15) is 43.0 Å². The number of benzene rings is 4. The van der Waals surface area contributed by atoms with E-state index in [9.17, 15) is 23.2 Å². The number of ketones is 2. The summed E-state index contributed by atoms with van der Waals surface area (Å²) in [6.07, 6.45) is 13.1. The molecule has 12 nitrogen and oxygen atoms in total. The molecule has 0 fully saturated rings. The van der Waals surface area contributed by atoms with Crippen LogP contribution in [0.15, 0.2) is 122 Å². The first kappa shape index (κ1) is 50.4. The van der Waals surface area contributed by atoms with Gasteiger partial charge >= 0.3 is 6.09 Å². The number of hydrogen-bond acceptors (Lipinski definition) is 9. The standard InChI is InChI=1S/C21H19ClFN3O2.C18H21N3O3.C8H7BrClFO/c22-17-10-18(23)12-20(11-17)28-8-7-26-14-15(13-25-26)5-6-19(27)9-16-3-1-2-4-21(16)24;1-18(2,3)24-17(23)21-16-7-5-4-6-14(16)10-15(22)9-8-13-11-19-20-12-13;9-1-2-12-8-4-6(10)3-7(11)5-8/h1-6,10-14H,7-9,24H2;4-9,11-12H,10H2,1-3H3,(H,19,20)(H,21,23);3-5H,1-2H2/b6-5+;9-8+;. The Kier molecular flexibility index (Phi) is 20.2. The van der Waals surface area contributed by atoms with Gasteiger partial charge in [0.05, 0.1) is 25.5 Å².